The van der Waals surface area contributed by atoms with E-state index in [0.717, 1.165) is 6.42 Å². The Morgan fingerprint density at radius 3 is 2.81 bits per heavy atom. The van der Waals surface area contributed by atoms with E-state index >= 15 is 0 Å². The highest BCUT2D eigenvalue weighted by Crippen LogP contribution is 2.21. The number of benzene rings is 2. The average molecular weight is 391 g/mol. The van der Waals surface area contributed by atoms with E-state index in [1.807, 2.05) is 6.92 Å². The van der Waals surface area contributed by atoms with Crippen molar-refractivity contribution in [3.05, 3.63) is 69.2 Å². The summed E-state index contributed by atoms with van der Waals surface area (Å²) in [5.74, 6) is -0.619. The van der Waals surface area contributed by atoms with Gasteiger partial charge in [-0.3, -0.25) is 14.2 Å². The van der Waals surface area contributed by atoms with Gasteiger partial charge in [-0.05, 0) is 36.8 Å². The number of aromatic nitrogens is 2. The number of nitrogens with zero attached hydrogens (tertiary/aromatic N) is 2. The van der Waals surface area contributed by atoms with Crippen LogP contribution in [0.25, 0.3) is 10.9 Å². The molecular weight excluding hydrogens is 375 g/mol. The summed E-state index contributed by atoms with van der Waals surface area (Å²) in [5, 5.41) is 1.43. The number of thioether (sulfide) groups is 1. The Labute approximate surface area is 159 Å². The summed E-state index contributed by atoms with van der Waals surface area (Å²) in [4.78, 5) is 29.6. The lowest BCUT2D eigenvalue weighted by molar-refractivity contribution is 0.102. The van der Waals surface area contributed by atoms with Crippen LogP contribution in [0.4, 0.5) is 4.39 Å². The van der Waals surface area contributed by atoms with E-state index in [4.69, 9.17) is 11.6 Å². The number of carbonyl (C=O) groups excluding carboxylic acids is 1. The predicted octanol–water partition coefficient (Wildman–Crippen LogP) is 4.57. The minimum absolute atomic E-state index is 0.0612. The van der Waals surface area contributed by atoms with Gasteiger partial charge in [-0.2, -0.15) is 0 Å². The number of hydrogen-bond donors (Lipinski definition) is 0. The first-order valence-corrected chi connectivity index (χ1v) is 9.47. The molecule has 0 amide bonds. The van der Waals surface area contributed by atoms with Crippen LogP contribution in [-0.4, -0.2) is 21.1 Å². The Morgan fingerprint density at radius 1 is 1.27 bits per heavy atom. The molecule has 0 saturated carbocycles. The standard InChI is InChI=1S/C19H16ClFN2O2S/c1-2-8-23-18(25)15-7-6-13(20)10-16(15)22-19(23)26-11-17(24)12-4-3-5-14(21)9-12/h3-7,9-10H,2,8,11H2,1H3. The van der Waals surface area contributed by atoms with Crippen LogP contribution in [0.3, 0.4) is 0 Å². The molecular formula is C19H16ClFN2O2S. The van der Waals surface area contributed by atoms with Crippen molar-refractivity contribution in [1.82, 2.24) is 9.55 Å². The zero-order valence-electron chi connectivity index (χ0n) is 14.0. The van der Waals surface area contributed by atoms with Crippen molar-refractivity contribution >= 4 is 40.0 Å². The molecule has 0 fully saturated rings. The molecule has 0 unspecified atom stereocenters. The molecule has 7 heteroatoms. The number of halogens is 2. The minimum atomic E-state index is -0.456. The van der Waals surface area contributed by atoms with Crippen LogP contribution in [0.1, 0.15) is 23.7 Å². The molecule has 0 aliphatic rings. The molecule has 0 saturated heterocycles. The van der Waals surface area contributed by atoms with Crippen LogP contribution in [0.5, 0.6) is 0 Å². The molecule has 2 aromatic carbocycles. The molecule has 3 aromatic rings. The van der Waals surface area contributed by atoms with Gasteiger partial charge in [0.25, 0.3) is 5.56 Å². The molecule has 0 bridgehead atoms. The second-order valence-corrected chi connectivity index (χ2v) is 7.11. The molecule has 4 nitrogen and oxygen atoms in total. The van der Waals surface area contributed by atoms with Gasteiger partial charge >= 0.3 is 0 Å². The summed E-state index contributed by atoms with van der Waals surface area (Å²) < 4.78 is 14.9. The van der Waals surface area contributed by atoms with Gasteiger partial charge in [-0.1, -0.05) is 42.4 Å². The monoisotopic (exact) mass is 390 g/mol. The lowest BCUT2D eigenvalue weighted by atomic mass is 10.1. The van der Waals surface area contributed by atoms with Gasteiger partial charge in [-0.25, -0.2) is 9.37 Å². The topological polar surface area (TPSA) is 52.0 Å². The second kappa shape index (κ2) is 8.01. The SMILES string of the molecule is CCCn1c(SCC(=O)c2cccc(F)c2)nc2cc(Cl)ccc2c1=O. The first kappa shape index (κ1) is 18.6. The van der Waals surface area contributed by atoms with Crippen molar-refractivity contribution < 1.29 is 9.18 Å². The van der Waals surface area contributed by atoms with Gasteiger partial charge in [0.2, 0.25) is 0 Å². The number of Topliss-reactive ketones (excluding diaryl/α,β-unsaturated/α-hetero) is 1. The lowest BCUT2D eigenvalue weighted by Gasteiger charge is -2.12. The quantitative estimate of drug-likeness (QED) is 0.351. The fraction of sp³-hybridized carbons (Fsp3) is 0.211. The van der Waals surface area contributed by atoms with Crippen molar-refractivity contribution in [3.8, 4) is 0 Å². The van der Waals surface area contributed by atoms with Crippen molar-refractivity contribution in [1.29, 1.82) is 0 Å². The molecule has 1 heterocycles. The van der Waals surface area contributed by atoms with Gasteiger partial charge in [0.15, 0.2) is 10.9 Å². The fourth-order valence-corrected chi connectivity index (χ4v) is 3.67. The fourth-order valence-electron chi connectivity index (χ4n) is 2.58. The maximum Gasteiger partial charge on any atom is 0.262 e. The molecule has 26 heavy (non-hydrogen) atoms. The highest BCUT2D eigenvalue weighted by atomic mass is 35.5. The second-order valence-electron chi connectivity index (χ2n) is 5.73. The third kappa shape index (κ3) is 3.97. The van der Waals surface area contributed by atoms with Crippen LogP contribution in [0.15, 0.2) is 52.4 Å². The van der Waals surface area contributed by atoms with Crippen molar-refractivity contribution in [3.63, 3.8) is 0 Å². The van der Waals surface area contributed by atoms with Crippen LogP contribution < -0.4 is 5.56 Å². The number of ketones is 1. The van der Waals surface area contributed by atoms with E-state index in [9.17, 15) is 14.0 Å². The van der Waals surface area contributed by atoms with Crippen molar-refractivity contribution in [2.45, 2.75) is 25.0 Å². The first-order chi connectivity index (χ1) is 12.5. The Kier molecular flexibility index (Phi) is 5.74. The van der Waals surface area contributed by atoms with Gasteiger partial charge in [-0.15, -0.1) is 0 Å². The maximum atomic E-state index is 13.3. The molecule has 0 N–H and O–H groups in total. The normalized spacial score (nSPS) is 11.0. The summed E-state index contributed by atoms with van der Waals surface area (Å²) in [5.41, 5.74) is 0.635. The van der Waals surface area contributed by atoms with Crippen LogP contribution in [0, 0.1) is 5.82 Å². The minimum Gasteiger partial charge on any atom is -0.293 e. The van der Waals surface area contributed by atoms with E-state index < -0.39 is 5.82 Å². The van der Waals surface area contributed by atoms with Gasteiger partial charge in [0.1, 0.15) is 5.82 Å². The third-order valence-electron chi connectivity index (χ3n) is 3.81. The zero-order valence-corrected chi connectivity index (χ0v) is 15.6. The van der Waals surface area contributed by atoms with E-state index in [-0.39, 0.29) is 17.1 Å². The molecule has 1 aromatic heterocycles. The Balaban J connectivity index is 1.94. The Hall–Kier alpha value is -2.18. The van der Waals surface area contributed by atoms with Crippen molar-refractivity contribution in [2.75, 3.05) is 5.75 Å². The average Bonchev–Trinajstić information content (AvgIpc) is 2.62. The molecule has 0 radical (unpaired) electrons. The van der Waals surface area contributed by atoms with E-state index in [1.54, 1.807) is 28.8 Å². The number of hydrogen-bond acceptors (Lipinski definition) is 4. The predicted molar refractivity (Wildman–Crippen MR) is 103 cm³/mol. The lowest BCUT2D eigenvalue weighted by Crippen LogP contribution is -2.23. The van der Waals surface area contributed by atoms with Gasteiger partial charge in [0.05, 0.1) is 16.7 Å². The van der Waals surface area contributed by atoms with Crippen molar-refractivity contribution in [2.24, 2.45) is 0 Å². The van der Waals surface area contributed by atoms with Crippen LogP contribution in [0.2, 0.25) is 5.02 Å². The smallest absolute Gasteiger partial charge is 0.262 e. The van der Waals surface area contributed by atoms with Crippen LogP contribution >= 0.6 is 23.4 Å². The van der Waals surface area contributed by atoms with E-state index in [1.165, 1.54) is 30.0 Å². The summed E-state index contributed by atoms with van der Waals surface area (Å²) >= 11 is 7.17. The summed E-state index contributed by atoms with van der Waals surface area (Å²) in [6.45, 7) is 2.46. The molecule has 134 valence electrons. The third-order valence-corrected chi connectivity index (χ3v) is 5.02. The highest BCUT2D eigenvalue weighted by molar-refractivity contribution is 7.99. The number of carbonyl (C=O) groups is 1. The number of fused-ring (bicyclic) bond motifs is 1. The largest absolute Gasteiger partial charge is 0.293 e. The molecule has 0 aliphatic heterocycles. The summed E-state index contributed by atoms with van der Waals surface area (Å²) in [7, 11) is 0. The zero-order chi connectivity index (χ0) is 18.7. The van der Waals surface area contributed by atoms with E-state index in [0.29, 0.717) is 33.2 Å². The first-order valence-electron chi connectivity index (χ1n) is 8.11. The van der Waals surface area contributed by atoms with Crippen LogP contribution in [-0.2, 0) is 6.54 Å². The number of rotatable bonds is 6. The maximum absolute atomic E-state index is 13.3. The molecule has 0 spiro atoms. The summed E-state index contributed by atoms with van der Waals surface area (Å²) in [6.07, 6.45) is 0.756. The van der Waals surface area contributed by atoms with E-state index in [2.05, 4.69) is 4.98 Å². The van der Waals surface area contributed by atoms with Gasteiger partial charge in [0, 0.05) is 17.1 Å². The summed E-state index contributed by atoms with van der Waals surface area (Å²) in [6, 6.07) is 10.5. The molecule has 0 atom stereocenters. The van der Waals surface area contributed by atoms with Gasteiger partial charge < -0.3 is 0 Å². The Bertz CT molecular complexity index is 1040. The Morgan fingerprint density at radius 2 is 2.08 bits per heavy atom. The molecule has 0 aliphatic carbocycles. The molecule has 3 rings (SSSR count). The highest BCUT2D eigenvalue weighted by Gasteiger charge is 2.14.